The zero-order valence-electron chi connectivity index (χ0n) is 11.4. The Bertz CT molecular complexity index is 520. The summed E-state index contributed by atoms with van der Waals surface area (Å²) < 4.78 is 9.55. The fourth-order valence-corrected chi connectivity index (χ4v) is 2.33. The quantitative estimate of drug-likeness (QED) is 0.273. The van der Waals surface area contributed by atoms with Gasteiger partial charge in [-0.3, -0.25) is 4.79 Å². The van der Waals surface area contributed by atoms with Crippen LogP contribution in [0.3, 0.4) is 0 Å². The summed E-state index contributed by atoms with van der Waals surface area (Å²) in [5, 5.41) is 0. The van der Waals surface area contributed by atoms with E-state index in [2.05, 4.69) is 4.74 Å². The number of rotatable bonds is 5. The molecule has 0 saturated carbocycles. The summed E-state index contributed by atoms with van der Waals surface area (Å²) >= 11 is 1.21. The van der Waals surface area contributed by atoms with Crippen LogP contribution in [0.5, 0.6) is 0 Å². The van der Waals surface area contributed by atoms with Gasteiger partial charge in [-0.15, -0.1) is 0 Å². The molecule has 0 aliphatic rings. The number of Topliss-reactive ketones (excluding diaryl/α,β-unsaturated/α-hetero) is 1. The summed E-state index contributed by atoms with van der Waals surface area (Å²) in [6.45, 7) is 3.42. The van der Waals surface area contributed by atoms with Gasteiger partial charge in [0.25, 0.3) is 0 Å². The normalized spacial score (nSPS) is 11.1. The molecule has 1 aromatic rings. The average molecular weight is 280 g/mol. The third-order valence-electron chi connectivity index (χ3n) is 2.43. The molecule has 0 bridgehead atoms. The lowest BCUT2D eigenvalue weighted by Gasteiger charge is -2.09. The number of hydrogen-bond acceptors (Lipinski definition) is 5. The summed E-state index contributed by atoms with van der Waals surface area (Å²) in [5.41, 5.74) is 1.58. The Balaban J connectivity index is 3.09. The third-order valence-corrected chi connectivity index (χ3v) is 3.57. The molecule has 0 atom stereocenters. The number of ether oxygens (including phenoxy) is 2. The van der Waals surface area contributed by atoms with E-state index in [1.807, 2.05) is 13.0 Å². The van der Waals surface area contributed by atoms with E-state index >= 15 is 0 Å². The van der Waals surface area contributed by atoms with Crippen LogP contribution in [0.1, 0.15) is 22.8 Å². The van der Waals surface area contributed by atoms with E-state index in [-0.39, 0.29) is 5.78 Å². The van der Waals surface area contributed by atoms with E-state index < -0.39 is 5.97 Å². The highest BCUT2D eigenvalue weighted by Crippen LogP contribution is 2.31. The van der Waals surface area contributed by atoms with Crippen LogP contribution in [0.15, 0.2) is 34.3 Å². The highest BCUT2D eigenvalue weighted by atomic mass is 32.2. The number of hydrogen-bond donors (Lipinski definition) is 0. The van der Waals surface area contributed by atoms with E-state index in [1.54, 1.807) is 12.1 Å². The second-order valence-corrected chi connectivity index (χ2v) is 4.93. The molecular formula is C14H16O4S. The summed E-state index contributed by atoms with van der Waals surface area (Å²) in [4.78, 5) is 24.1. The van der Waals surface area contributed by atoms with Crippen LogP contribution in [0, 0.1) is 6.92 Å². The average Bonchev–Trinajstić information content (AvgIpc) is 2.39. The predicted molar refractivity (Wildman–Crippen MR) is 74.1 cm³/mol. The van der Waals surface area contributed by atoms with Gasteiger partial charge in [0.05, 0.1) is 14.2 Å². The fourth-order valence-electron chi connectivity index (χ4n) is 1.37. The molecule has 0 unspecified atom stereocenters. The van der Waals surface area contributed by atoms with E-state index in [0.717, 1.165) is 10.5 Å². The molecule has 0 aliphatic carbocycles. The van der Waals surface area contributed by atoms with Crippen LogP contribution in [0.25, 0.3) is 0 Å². The van der Waals surface area contributed by atoms with Gasteiger partial charge in [0.2, 0.25) is 0 Å². The molecule has 0 aliphatic heterocycles. The van der Waals surface area contributed by atoms with Crippen LogP contribution in [0.2, 0.25) is 0 Å². The number of esters is 1. The number of thioether (sulfide) groups is 1. The van der Waals surface area contributed by atoms with Crippen molar-refractivity contribution in [3.63, 3.8) is 0 Å². The van der Waals surface area contributed by atoms with Crippen LogP contribution < -0.4 is 0 Å². The van der Waals surface area contributed by atoms with Crippen LogP contribution in [-0.4, -0.2) is 26.0 Å². The second-order valence-electron chi connectivity index (χ2n) is 3.85. The highest BCUT2D eigenvalue weighted by molar-refractivity contribution is 8.04. The Morgan fingerprint density at radius 2 is 1.95 bits per heavy atom. The van der Waals surface area contributed by atoms with Gasteiger partial charge in [0, 0.05) is 10.5 Å². The van der Waals surface area contributed by atoms with Crippen molar-refractivity contribution in [2.24, 2.45) is 0 Å². The first-order valence-electron chi connectivity index (χ1n) is 5.60. The third kappa shape index (κ3) is 4.13. The van der Waals surface area contributed by atoms with Crippen molar-refractivity contribution in [2.45, 2.75) is 18.7 Å². The number of carbonyl (C=O) groups excluding carboxylic acids is 2. The van der Waals surface area contributed by atoms with Crippen molar-refractivity contribution < 1.29 is 19.1 Å². The van der Waals surface area contributed by atoms with E-state index in [0.29, 0.717) is 10.5 Å². The molecule has 4 nitrogen and oxygen atoms in total. The lowest BCUT2D eigenvalue weighted by Crippen LogP contribution is -2.03. The summed E-state index contributed by atoms with van der Waals surface area (Å²) in [6, 6.07) is 5.37. The van der Waals surface area contributed by atoms with Gasteiger partial charge in [-0.25, -0.2) is 4.79 Å². The van der Waals surface area contributed by atoms with E-state index in [9.17, 15) is 9.59 Å². The highest BCUT2D eigenvalue weighted by Gasteiger charge is 2.14. The molecule has 0 amide bonds. The van der Waals surface area contributed by atoms with Crippen LogP contribution >= 0.6 is 11.8 Å². The van der Waals surface area contributed by atoms with Gasteiger partial charge in [0.15, 0.2) is 5.78 Å². The predicted octanol–water partition coefficient (Wildman–Crippen LogP) is 2.95. The largest absolute Gasteiger partial charge is 0.503 e. The standard InChI is InChI=1S/C14H16O4S/c1-9-5-6-11(10(2)15)7-12(9)19-13(8-17-3)14(16)18-4/h5-8H,1-4H3/b13-8-. The molecule has 5 heteroatoms. The summed E-state index contributed by atoms with van der Waals surface area (Å²) in [5.74, 6) is -0.489. The van der Waals surface area contributed by atoms with Crippen molar-refractivity contribution in [1.29, 1.82) is 0 Å². The first-order chi connectivity index (χ1) is 8.99. The van der Waals surface area contributed by atoms with Crippen LogP contribution in [0.4, 0.5) is 0 Å². The zero-order chi connectivity index (χ0) is 14.4. The number of carbonyl (C=O) groups is 2. The van der Waals surface area contributed by atoms with E-state index in [4.69, 9.17) is 4.74 Å². The maximum absolute atomic E-state index is 11.6. The first-order valence-corrected chi connectivity index (χ1v) is 6.42. The Hall–Kier alpha value is -1.75. The molecule has 0 fully saturated rings. The van der Waals surface area contributed by atoms with Crippen molar-refractivity contribution >= 4 is 23.5 Å². The minimum atomic E-state index is -0.473. The van der Waals surface area contributed by atoms with Gasteiger partial charge in [-0.2, -0.15) is 0 Å². The topological polar surface area (TPSA) is 52.6 Å². The van der Waals surface area contributed by atoms with Gasteiger partial charge in [0.1, 0.15) is 11.2 Å². The molecule has 0 radical (unpaired) electrons. The maximum Gasteiger partial charge on any atom is 0.347 e. The Labute approximate surface area is 116 Å². The maximum atomic E-state index is 11.6. The van der Waals surface area contributed by atoms with E-state index in [1.165, 1.54) is 39.2 Å². The van der Waals surface area contributed by atoms with Gasteiger partial charge in [-0.05, 0) is 25.5 Å². The molecule has 1 rings (SSSR count). The number of benzene rings is 1. The SMILES string of the molecule is CO/C=C(\Sc1cc(C(C)=O)ccc1C)C(=O)OC. The summed E-state index contributed by atoms with van der Waals surface area (Å²) in [6.07, 6.45) is 1.33. The molecule has 102 valence electrons. The Morgan fingerprint density at radius 3 is 2.47 bits per heavy atom. The van der Waals surface area contributed by atoms with Crippen molar-refractivity contribution in [3.8, 4) is 0 Å². The van der Waals surface area contributed by atoms with Gasteiger partial charge < -0.3 is 9.47 Å². The Kier molecular flexibility index (Phi) is 5.63. The fraction of sp³-hybridized carbons (Fsp3) is 0.286. The lowest BCUT2D eigenvalue weighted by atomic mass is 10.1. The number of ketones is 1. The minimum absolute atomic E-state index is 0.0165. The Morgan fingerprint density at radius 1 is 1.26 bits per heavy atom. The van der Waals surface area contributed by atoms with Crippen LogP contribution in [-0.2, 0) is 14.3 Å². The summed E-state index contributed by atoms with van der Waals surface area (Å²) in [7, 11) is 2.77. The molecule has 1 aromatic carbocycles. The van der Waals surface area contributed by atoms with Gasteiger partial charge >= 0.3 is 5.97 Å². The number of methoxy groups -OCH3 is 2. The molecule has 19 heavy (non-hydrogen) atoms. The van der Waals surface area contributed by atoms with Crippen molar-refractivity contribution in [3.05, 3.63) is 40.5 Å². The van der Waals surface area contributed by atoms with Gasteiger partial charge in [-0.1, -0.05) is 23.9 Å². The monoisotopic (exact) mass is 280 g/mol. The van der Waals surface area contributed by atoms with Crippen molar-refractivity contribution in [1.82, 2.24) is 0 Å². The first kappa shape index (κ1) is 15.3. The smallest absolute Gasteiger partial charge is 0.347 e. The minimum Gasteiger partial charge on any atom is -0.503 e. The molecule has 0 heterocycles. The molecule has 0 aromatic heterocycles. The lowest BCUT2D eigenvalue weighted by molar-refractivity contribution is -0.135. The molecule has 0 saturated heterocycles. The molecule has 0 spiro atoms. The number of aryl methyl sites for hydroxylation is 1. The molecule has 0 N–H and O–H groups in total. The second kappa shape index (κ2) is 6.99. The molecular weight excluding hydrogens is 264 g/mol. The zero-order valence-corrected chi connectivity index (χ0v) is 12.2. The van der Waals surface area contributed by atoms with Crippen molar-refractivity contribution in [2.75, 3.05) is 14.2 Å².